The van der Waals surface area contributed by atoms with Crippen molar-refractivity contribution in [3.8, 4) is 0 Å². The number of amides is 5. The fraction of sp³-hybridized carbons (Fsp3) is 0.778. The minimum absolute atomic E-state index is 0.0445. The molecular weight excluding hydrogens is 336 g/mol. The van der Waals surface area contributed by atoms with Crippen LogP contribution in [-0.2, 0) is 14.4 Å². The summed E-state index contributed by atoms with van der Waals surface area (Å²) in [5.41, 5.74) is -1.27. The normalized spacial score (nSPS) is 26.0. The topological polar surface area (TPSA) is 98.8 Å². The van der Waals surface area contributed by atoms with Crippen LogP contribution < -0.4 is 10.6 Å². The number of carbonyl (C=O) groups excluding carboxylic acids is 4. The van der Waals surface area contributed by atoms with Crippen LogP contribution in [-0.4, -0.2) is 64.8 Å². The summed E-state index contributed by atoms with van der Waals surface area (Å²) in [6.07, 6.45) is 3.40. The second-order valence-corrected chi connectivity index (χ2v) is 8.49. The van der Waals surface area contributed by atoms with Gasteiger partial charge in [-0.3, -0.25) is 19.3 Å². The summed E-state index contributed by atoms with van der Waals surface area (Å²) < 4.78 is 0. The van der Waals surface area contributed by atoms with Crippen LogP contribution in [0.2, 0.25) is 0 Å². The molecule has 0 unspecified atom stereocenters. The SMILES string of the molecule is C[C@H]1CCCC[C@@]12NC(=O)N(CC(=O)N(C)CC(=O)NC(C)(C)C)C2=O. The fourth-order valence-corrected chi connectivity index (χ4v) is 3.66. The monoisotopic (exact) mass is 366 g/mol. The smallest absolute Gasteiger partial charge is 0.325 e. The van der Waals surface area contributed by atoms with E-state index in [1.54, 1.807) is 0 Å². The second-order valence-electron chi connectivity index (χ2n) is 8.49. The maximum absolute atomic E-state index is 12.9. The summed E-state index contributed by atoms with van der Waals surface area (Å²) in [6, 6.07) is -0.523. The third-order valence-corrected chi connectivity index (χ3v) is 5.12. The van der Waals surface area contributed by atoms with Gasteiger partial charge in [0.15, 0.2) is 0 Å². The van der Waals surface area contributed by atoms with E-state index in [0.29, 0.717) is 6.42 Å². The fourth-order valence-electron chi connectivity index (χ4n) is 3.66. The van der Waals surface area contributed by atoms with Crippen LogP contribution in [0.1, 0.15) is 53.4 Å². The van der Waals surface area contributed by atoms with E-state index in [1.807, 2.05) is 27.7 Å². The maximum Gasteiger partial charge on any atom is 0.325 e. The molecule has 0 aromatic heterocycles. The van der Waals surface area contributed by atoms with Gasteiger partial charge in [-0.2, -0.15) is 0 Å². The molecule has 1 saturated carbocycles. The lowest BCUT2D eigenvalue weighted by Gasteiger charge is -2.36. The maximum atomic E-state index is 12.9. The second kappa shape index (κ2) is 7.25. The number of likely N-dealkylation sites (N-methyl/N-ethyl adjacent to an activating group) is 1. The molecule has 0 radical (unpaired) electrons. The van der Waals surface area contributed by atoms with E-state index in [9.17, 15) is 19.2 Å². The zero-order chi connectivity index (χ0) is 19.7. The van der Waals surface area contributed by atoms with E-state index >= 15 is 0 Å². The highest BCUT2D eigenvalue weighted by atomic mass is 16.2. The van der Waals surface area contributed by atoms with Crippen molar-refractivity contribution in [1.82, 2.24) is 20.4 Å². The summed E-state index contributed by atoms with van der Waals surface area (Å²) in [7, 11) is 1.49. The molecule has 1 aliphatic heterocycles. The first-order chi connectivity index (χ1) is 12.0. The molecule has 26 heavy (non-hydrogen) atoms. The standard InChI is InChI=1S/C18H30N4O4/c1-12-8-6-7-9-18(12)15(25)22(16(26)20-18)11-14(24)21(5)10-13(23)19-17(2,3)4/h12H,6-11H2,1-5H3,(H,19,23)(H,20,26)/t12-,18+/m0/s1. The van der Waals surface area contributed by atoms with Crippen molar-refractivity contribution in [3.05, 3.63) is 0 Å². The Morgan fingerprint density at radius 3 is 2.54 bits per heavy atom. The first kappa shape index (κ1) is 20.2. The Morgan fingerprint density at radius 1 is 1.31 bits per heavy atom. The number of nitrogens with one attached hydrogen (secondary N) is 2. The van der Waals surface area contributed by atoms with Crippen molar-refractivity contribution in [3.63, 3.8) is 0 Å². The predicted molar refractivity (Wildman–Crippen MR) is 96.1 cm³/mol. The van der Waals surface area contributed by atoms with Gasteiger partial charge in [0.05, 0.1) is 6.54 Å². The Balaban J connectivity index is 1.99. The molecule has 1 aliphatic carbocycles. The molecule has 2 rings (SSSR count). The van der Waals surface area contributed by atoms with Gasteiger partial charge >= 0.3 is 6.03 Å². The van der Waals surface area contributed by atoms with Crippen molar-refractivity contribution in [2.75, 3.05) is 20.1 Å². The number of carbonyl (C=O) groups is 4. The average molecular weight is 366 g/mol. The third-order valence-electron chi connectivity index (χ3n) is 5.12. The van der Waals surface area contributed by atoms with Gasteiger partial charge in [0.2, 0.25) is 11.8 Å². The minimum Gasteiger partial charge on any atom is -0.350 e. The third kappa shape index (κ3) is 4.16. The molecule has 1 spiro atoms. The van der Waals surface area contributed by atoms with Gasteiger partial charge < -0.3 is 15.5 Å². The van der Waals surface area contributed by atoms with Gasteiger partial charge in [-0.15, -0.1) is 0 Å². The van der Waals surface area contributed by atoms with Gasteiger partial charge in [0, 0.05) is 12.6 Å². The van der Waals surface area contributed by atoms with E-state index in [0.717, 1.165) is 24.2 Å². The quantitative estimate of drug-likeness (QED) is 0.721. The zero-order valence-corrected chi connectivity index (χ0v) is 16.3. The molecule has 146 valence electrons. The van der Waals surface area contributed by atoms with Crippen molar-refractivity contribution >= 4 is 23.8 Å². The highest BCUT2D eigenvalue weighted by Crippen LogP contribution is 2.38. The Hall–Kier alpha value is -2.12. The average Bonchev–Trinajstić information content (AvgIpc) is 2.73. The minimum atomic E-state index is -0.877. The summed E-state index contributed by atoms with van der Waals surface area (Å²) >= 11 is 0. The van der Waals surface area contributed by atoms with Crippen molar-refractivity contribution < 1.29 is 19.2 Å². The summed E-state index contributed by atoms with van der Waals surface area (Å²) in [5.74, 6) is -1.01. The Kier molecular flexibility index (Phi) is 5.63. The van der Waals surface area contributed by atoms with Gasteiger partial charge in [0.25, 0.3) is 5.91 Å². The molecule has 0 aromatic rings. The van der Waals surface area contributed by atoms with Crippen molar-refractivity contribution in [1.29, 1.82) is 0 Å². The largest absolute Gasteiger partial charge is 0.350 e. The van der Waals surface area contributed by atoms with Crippen molar-refractivity contribution in [2.45, 2.75) is 64.5 Å². The van der Waals surface area contributed by atoms with Gasteiger partial charge in [-0.05, 0) is 39.5 Å². The van der Waals surface area contributed by atoms with Gasteiger partial charge in [-0.1, -0.05) is 19.8 Å². The first-order valence-electron chi connectivity index (χ1n) is 9.15. The van der Waals surface area contributed by atoms with Crippen LogP contribution in [0.5, 0.6) is 0 Å². The summed E-state index contributed by atoms with van der Waals surface area (Å²) in [5, 5.41) is 5.60. The highest BCUT2D eigenvalue weighted by Gasteiger charge is 2.55. The molecule has 2 N–H and O–H groups in total. The molecule has 5 amide bonds. The van der Waals surface area contributed by atoms with E-state index < -0.39 is 23.0 Å². The van der Waals surface area contributed by atoms with E-state index in [2.05, 4.69) is 10.6 Å². The Labute approximate surface area is 154 Å². The van der Waals surface area contributed by atoms with Crippen LogP contribution >= 0.6 is 0 Å². The first-order valence-corrected chi connectivity index (χ1v) is 9.15. The van der Waals surface area contributed by atoms with Crippen LogP contribution in [0.4, 0.5) is 4.79 Å². The Bertz CT molecular complexity index is 613. The molecule has 8 heteroatoms. The van der Waals surface area contributed by atoms with Crippen LogP contribution in [0.25, 0.3) is 0 Å². The summed E-state index contributed by atoms with van der Waals surface area (Å²) in [4.78, 5) is 51.8. The van der Waals surface area contributed by atoms with Crippen LogP contribution in [0.15, 0.2) is 0 Å². The molecule has 0 aromatic carbocycles. The van der Waals surface area contributed by atoms with E-state index in [1.165, 1.54) is 11.9 Å². The number of hydrogen-bond donors (Lipinski definition) is 2. The molecule has 8 nitrogen and oxygen atoms in total. The lowest BCUT2D eigenvalue weighted by molar-refractivity contribution is -0.141. The van der Waals surface area contributed by atoms with Crippen LogP contribution in [0.3, 0.4) is 0 Å². The van der Waals surface area contributed by atoms with E-state index in [-0.39, 0.29) is 30.8 Å². The zero-order valence-electron chi connectivity index (χ0n) is 16.3. The number of hydrogen-bond acceptors (Lipinski definition) is 4. The number of nitrogens with zero attached hydrogens (tertiary/aromatic N) is 2. The number of imide groups is 1. The molecule has 2 fully saturated rings. The van der Waals surface area contributed by atoms with Gasteiger partial charge in [0.1, 0.15) is 12.1 Å². The number of rotatable bonds is 4. The van der Waals surface area contributed by atoms with Crippen molar-refractivity contribution in [2.24, 2.45) is 5.92 Å². The number of urea groups is 1. The Morgan fingerprint density at radius 2 is 1.96 bits per heavy atom. The van der Waals surface area contributed by atoms with E-state index in [4.69, 9.17) is 0 Å². The molecule has 2 atom stereocenters. The molecule has 2 aliphatic rings. The summed E-state index contributed by atoms with van der Waals surface area (Å²) in [6.45, 7) is 7.05. The lowest BCUT2D eigenvalue weighted by Crippen LogP contribution is -2.54. The molecule has 1 saturated heterocycles. The molecule has 0 bridgehead atoms. The van der Waals surface area contributed by atoms with Crippen LogP contribution in [0, 0.1) is 5.92 Å². The molecule has 1 heterocycles. The highest BCUT2D eigenvalue weighted by molar-refractivity contribution is 6.09. The lowest BCUT2D eigenvalue weighted by atomic mass is 9.73. The molecular formula is C18H30N4O4. The van der Waals surface area contributed by atoms with Gasteiger partial charge in [-0.25, -0.2) is 4.79 Å². The predicted octanol–water partition coefficient (Wildman–Crippen LogP) is 0.860.